The van der Waals surface area contributed by atoms with Crippen molar-refractivity contribution in [2.24, 2.45) is 0 Å². The van der Waals surface area contributed by atoms with Crippen LogP contribution in [0.1, 0.15) is 33.8 Å². The fraction of sp³-hybridized carbons (Fsp3) is 0.333. The lowest BCUT2D eigenvalue weighted by Gasteiger charge is -2.18. The van der Waals surface area contributed by atoms with Crippen molar-refractivity contribution in [2.75, 3.05) is 6.54 Å². The number of rotatable bonds is 4. The minimum Gasteiger partial charge on any atom is -0.306 e. The summed E-state index contributed by atoms with van der Waals surface area (Å²) >= 11 is 5.23. The normalized spacial score (nSPS) is 12.7. The number of nitrogens with one attached hydrogen (secondary N) is 1. The van der Waals surface area contributed by atoms with Crippen LogP contribution in [0.3, 0.4) is 0 Å². The van der Waals surface area contributed by atoms with Crippen LogP contribution in [0.2, 0.25) is 0 Å². The highest BCUT2D eigenvalue weighted by Crippen LogP contribution is 2.35. The molecule has 1 atom stereocenters. The van der Waals surface area contributed by atoms with Crippen LogP contribution in [0.5, 0.6) is 0 Å². The first-order chi connectivity index (χ1) is 9.04. The molecule has 1 unspecified atom stereocenters. The highest BCUT2D eigenvalue weighted by Gasteiger charge is 2.20. The van der Waals surface area contributed by atoms with Gasteiger partial charge in [-0.1, -0.05) is 25.1 Å². The van der Waals surface area contributed by atoms with E-state index in [0.29, 0.717) is 5.56 Å². The molecule has 0 radical (unpaired) electrons. The molecule has 2 aromatic rings. The molecule has 0 fully saturated rings. The fourth-order valence-corrected chi connectivity index (χ4v) is 3.74. The molecule has 1 aromatic carbocycles. The van der Waals surface area contributed by atoms with Gasteiger partial charge in [0.1, 0.15) is 5.82 Å². The molecule has 0 saturated carbocycles. The molecule has 0 aliphatic heterocycles. The number of benzene rings is 1. The number of thiophene rings is 1. The molecule has 0 aliphatic carbocycles. The summed E-state index contributed by atoms with van der Waals surface area (Å²) < 4.78 is 15.4. The van der Waals surface area contributed by atoms with E-state index in [2.05, 4.69) is 34.2 Å². The lowest BCUT2D eigenvalue weighted by atomic mass is 10.0. The van der Waals surface area contributed by atoms with Gasteiger partial charge in [0.2, 0.25) is 0 Å². The second-order valence-corrected chi connectivity index (χ2v) is 6.66. The van der Waals surface area contributed by atoms with Crippen LogP contribution in [-0.2, 0) is 0 Å². The Balaban J connectivity index is 2.48. The molecule has 0 bridgehead atoms. The first kappa shape index (κ1) is 14.7. The molecule has 19 heavy (non-hydrogen) atoms. The summed E-state index contributed by atoms with van der Waals surface area (Å²) in [5, 5.41) is 3.37. The third kappa shape index (κ3) is 3.07. The molecule has 1 heterocycles. The minimum absolute atomic E-state index is 0.0834. The fourth-order valence-electron chi connectivity index (χ4n) is 2.08. The molecule has 102 valence electrons. The zero-order valence-corrected chi connectivity index (χ0v) is 13.7. The van der Waals surface area contributed by atoms with Crippen molar-refractivity contribution in [3.63, 3.8) is 0 Å². The summed E-state index contributed by atoms with van der Waals surface area (Å²) in [5.41, 5.74) is 1.41. The van der Waals surface area contributed by atoms with Crippen LogP contribution in [0.15, 0.2) is 28.7 Å². The third-order valence-corrected chi connectivity index (χ3v) is 5.30. The largest absolute Gasteiger partial charge is 0.306 e. The maximum Gasteiger partial charge on any atom is 0.131 e. The van der Waals surface area contributed by atoms with Crippen molar-refractivity contribution in [3.05, 3.63) is 55.4 Å². The lowest BCUT2D eigenvalue weighted by Crippen LogP contribution is -2.22. The van der Waals surface area contributed by atoms with E-state index in [4.69, 9.17) is 0 Å². The van der Waals surface area contributed by atoms with Crippen molar-refractivity contribution in [1.29, 1.82) is 0 Å². The van der Waals surface area contributed by atoms with Crippen molar-refractivity contribution in [2.45, 2.75) is 26.8 Å². The van der Waals surface area contributed by atoms with E-state index in [1.807, 2.05) is 19.1 Å². The van der Waals surface area contributed by atoms with E-state index in [9.17, 15) is 4.39 Å². The van der Waals surface area contributed by atoms with Crippen molar-refractivity contribution in [1.82, 2.24) is 5.32 Å². The Morgan fingerprint density at radius 3 is 2.68 bits per heavy atom. The first-order valence-electron chi connectivity index (χ1n) is 6.28. The van der Waals surface area contributed by atoms with E-state index < -0.39 is 0 Å². The van der Waals surface area contributed by atoms with Crippen LogP contribution in [-0.4, -0.2) is 6.54 Å². The number of aryl methyl sites for hydroxylation is 2. The van der Waals surface area contributed by atoms with Crippen molar-refractivity contribution < 1.29 is 4.39 Å². The van der Waals surface area contributed by atoms with Gasteiger partial charge in [0.05, 0.1) is 6.04 Å². The maximum atomic E-state index is 14.3. The second kappa shape index (κ2) is 6.16. The zero-order chi connectivity index (χ0) is 14.0. The van der Waals surface area contributed by atoms with Crippen LogP contribution in [0.25, 0.3) is 0 Å². The van der Waals surface area contributed by atoms with Gasteiger partial charge in [-0.15, -0.1) is 11.3 Å². The predicted octanol–water partition coefficient (Wildman–Crippen LogP) is 4.97. The standard InChI is InChI=1S/C15H17BrFNS/c1-4-18-15(13-8-12(16)10(3)19-13)11-7-5-6-9(2)14(11)17/h5-8,15,18H,4H2,1-3H3. The number of halogens is 2. The molecule has 0 spiro atoms. The van der Waals surface area contributed by atoms with E-state index in [0.717, 1.165) is 21.5 Å². The van der Waals surface area contributed by atoms with Crippen LogP contribution in [0, 0.1) is 19.7 Å². The van der Waals surface area contributed by atoms with Crippen molar-refractivity contribution >= 4 is 27.3 Å². The quantitative estimate of drug-likeness (QED) is 0.828. The monoisotopic (exact) mass is 341 g/mol. The van der Waals surface area contributed by atoms with E-state index >= 15 is 0 Å². The molecule has 4 heteroatoms. The Hall–Kier alpha value is -0.710. The van der Waals surface area contributed by atoms with Gasteiger partial charge in [-0.25, -0.2) is 4.39 Å². The van der Waals surface area contributed by atoms with Crippen LogP contribution >= 0.6 is 27.3 Å². The summed E-state index contributed by atoms with van der Waals surface area (Å²) in [6, 6.07) is 7.57. The lowest BCUT2D eigenvalue weighted by molar-refractivity contribution is 0.557. The van der Waals surface area contributed by atoms with Crippen LogP contribution in [0.4, 0.5) is 4.39 Å². The Morgan fingerprint density at radius 2 is 2.11 bits per heavy atom. The first-order valence-corrected chi connectivity index (χ1v) is 7.89. The molecule has 1 N–H and O–H groups in total. The third-order valence-electron chi connectivity index (χ3n) is 3.10. The van der Waals surface area contributed by atoms with E-state index in [1.54, 1.807) is 24.3 Å². The van der Waals surface area contributed by atoms with Crippen LogP contribution < -0.4 is 5.32 Å². The average molecular weight is 342 g/mol. The number of hydrogen-bond donors (Lipinski definition) is 1. The SMILES string of the molecule is CCNC(c1cc(Br)c(C)s1)c1cccc(C)c1F. The van der Waals surface area contributed by atoms with Gasteiger partial charge in [-0.05, 0) is 48.0 Å². The van der Waals surface area contributed by atoms with Crippen molar-refractivity contribution in [3.8, 4) is 0 Å². The smallest absolute Gasteiger partial charge is 0.131 e. The van der Waals surface area contributed by atoms with E-state index in [-0.39, 0.29) is 11.9 Å². The van der Waals surface area contributed by atoms with Gasteiger partial charge in [-0.3, -0.25) is 0 Å². The summed E-state index contributed by atoms with van der Waals surface area (Å²) in [6.45, 7) is 6.70. The summed E-state index contributed by atoms with van der Waals surface area (Å²) in [7, 11) is 0. The molecule has 2 rings (SSSR count). The molecule has 1 nitrogen and oxygen atoms in total. The molecule has 0 aliphatic rings. The van der Waals surface area contributed by atoms with Gasteiger partial charge in [0, 0.05) is 19.8 Å². The highest BCUT2D eigenvalue weighted by atomic mass is 79.9. The second-order valence-electron chi connectivity index (χ2n) is 4.52. The summed E-state index contributed by atoms with van der Waals surface area (Å²) in [6.07, 6.45) is 0. The molecular formula is C15H17BrFNS. The maximum absolute atomic E-state index is 14.3. The van der Waals surface area contributed by atoms with Gasteiger partial charge in [-0.2, -0.15) is 0 Å². The Labute approximate surface area is 126 Å². The number of hydrogen-bond acceptors (Lipinski definition) is 2. The topological polar surface area (TPSA) is 12.0 Å². The molecule has 0 amide bonds. The Morgan fingerprint density at radius 1 is 1.37 bits per heavy atom. The van der Waals surface area contributed by atoms with Gasteiger partial charge in [0.15, 0.2) is 0 Å². The molecule has 0 saturated heterocycles. The Kier molecular flexibility index (Phi) is 4.76. The minimum atomic E-state index is -0.115. The van der Waals surface area contributed by atoms with Gasteiger partial charge >= 0.3 is 0 Å². The zero-order valence-electron chi connectivity index (χ0n) is 11.3. The van der Waals surface area contributed by atoms with E-state index in [1.165, 1.54) is 4.88 Å². The summed E-state index contributed by atoms with van der Waals surface area (Å²) in [5.74, 6) is -0.115. The summed E-state index contributed by atoms with van der Waals surface area (Å²) in [4.78, 5) is 2.35. The predicted molar refractivity (Wildman–Crippen MR) is 83.4 cm³/mol. The highest BCUT2D eigenvalue weighted by molar-refractivity contribution is 9.10. The average Bonchev–Trinajstić information content (AvgIpc) is 2.70. The molecular weight excluding hydrogens is 325 g/mol. The Bertz CT molecular complexity index is 560. The molecule has 1 aromatic heterocycles. The van der Waals surface area contributed by atoms with Gasteiger partial charge < -0.3 is 5.32 Å². The van der Waals surface area contributed by atoms with Gasteiger partial charge in [0.25, 0.3) is 0 Å².